The third kappa shape index (κ3) is 5.40. The predicted molar refractivity (Wildman–Crippen MR) is 104 cm³/mol. The van der Waals surface area contributed by atoms with Crippen molar-refractivity contribution in [3.8, 4) is 5.75 Å². The lowest BCUT2D eigenvalue weighted by atomic mass is 10.3. The van der Waals surface area contributed by atoms with Crippen molar-refractivity contribution in [1.29, 1.82) is 0 Å². The van der Waals surface area contributed by atoms with Gasteiger partial charge in [-0.3, -0.25) is 0 Å². The van der Waals surface area contributed by atoms with Gasteiger partial charge >= 0.3 is 0 Å². The van der Waals surface area contributed by atoms with Crippen molar-refractivity contribution >= 4 is 64.5 Å². The number of hydrogen-bond donors (Lipinski definition) is 1. The molecule has 1 aromatic carbocycles. The highest BCUT2D eigenvalue weighted by Crippen LogP contribution is 2.39. The number of thioether (sulfide) groups is 1. The number of nitrogens with zero attached hydrogens (tertiary/aromatic N) is 2. The molecule has 1 N–H and O–H groups in total. The minimum atomic E-state index is -0.540. The topological polar surface area (TPSA) is 47.0 Å². The van der Waals surface area contributed by atoms with Crippen molar-refractivity contribution in [3.63, 3.8) is 0 Å². The molecule has 0 radical (unpaired) electrons. The van der Waals surface area contributed by atoms with Crippen LogP contribution >= 0.6 is 53.0 Å². The summed E-state index contributed by atoms with van der Waals surface area (Å²) in [5.41, 5.74) is 0.792. The number of benzene rings is 1. The fraction of sp³-hybridized carbons (Fsp3) is 0.231. The van der Waals surface area contributed by atoms with Crippen molar-refractivity contribution in [2.75, 3.05) is 24.9 Å². The molecule has 120 valence electrons. The lowest BCUT2D eigenvalue weighted by Gasteiger charge is -2.16. The summed E-state index contributed by atoms with van der Waals surface area (Å²) in [7, 11) is -0.540. The molecule has 22 heavy (non-hydrogen) atoms. The maximum atomic E-state index is 6.08. The molecule has 1 heterocycles. The monoisotopic (exact) mass is 395 g/mol. The lowest BCUT2D eigenvalue weighted by Crippen LogP contribution is -1.99. The van der Waals surface area contributed by atoms with E-state index in [1.54, 1.807) is 11.8 Å². The van der Waals surface area contributed by atoms with E-state index >= 15 is 0 Å². The van der Waals surface area contributed by atoms with Crippen LogP contribution in [0.4, 0.5) is 11.5 Å². The van der Waals surface area contributed by atoms with Crippen molar-refractivity contribution in [2.45, 2.75) is 4.90 Å². The molecular formula is C13H17Cl2N3OP2S. The molecule has 2 rings (SSSR count). The van der Waals surface area contributed by atoms with E-state index in [1.807, 2.05) is 37.8 Å². The van der Waals surface area contributed by atoms with E-state index in [9.17, 15) is 0 Å². The molecule has 0 spiro atoms. The first-order valence-electron chi connectivity index (χ1n) is 5.98. The van der Waals surface area contributed by atoms with Gasteiger partial charge in [0.05, 0.1) is 20.0 Å². The van der Waals surface area contributed by atoms with Gasteiger partial charge in [0.1, 0.15) is 10.8 Å². The van der Waals surface area contributed by atoms with E-state index in [4.69, 9.17) is 27.7 Å². The fourth-order valence-electron chi connectivity index (χ4n) is 1.57. The second kappa shape index (κ2) is 9.10. The summed E-state index contributed by atoms with van der Waals surface area (Å²) >= 11 is 13.5. The van der Waals surface area contributed by atoms with Crippen molar-refractivity contribution in [1.82, 2.24) is 9.97 Å². The van der Waals surface area contributed by atoms with Crippen LogP contribution in [0, 0.1) is 0 Å². The van der Waals surface area contributed by atoms with E-state index in [-0.39, 0.29) is 15.2 Å². The van der Waals surface area contributed by atoms with E-state index in [0.29, 0.717) is 10.8 Å². The molecule has 0 saturated heterocycles. The van der Waals surface area contributed by atoms with Gasteiger partial charge in [0.2, 0.25) is 5.28 Å². The number of anilines is 2. The Labute approximate surface area is 149 Å². The second-order valence-corrected chi connectivity index (χ2v) is 7.66. The predicted octanol–water partition coefficient (Wildman–Crippen LogP) is 5.34. The smallest absolute Gasteiger partial charge is 0.224 e. The Hall–Kier alpha value is -0.310. The zero-order chi connectivity index (χ0) is 15.4. The van der Waals surface area contributed by atoms with Crippen LogP contribution < -0.4 is 9.84 Å². The van der Waals surface area contributed by atoms with Crippen LogP contribution in [-0.4, -0.2) is 29.6 Å². The molecular weight excluding hydrogens is 379 g/mol. The Kier molecular flexibility index (Phi) is 8.16. The van der Waals surface area contributed by atoms with Crippen molar-refractivity contribution in [2.24, 2.45) is 0 Å². The normalized spacial score (nSPS) is 10.3. The first-order chi connectivity index (χ1) is 9.99. The maximum Gasteiger partial charge on any atom is 0.224 e. The van der Waals surface area contributed by atoms with E-state index in [1.165, 1.54) is 6.20 Å². The van der Waals surface area contributed by atoms with Crippen LogP contribution in [0.3, 0.4) is 0 Å². The minimum Gasteiger partial charge on any atom is -0.472 e. The average Bonchev–Trinajstić information content (AvgIpc) is 2.44. The molecule has 0 aliphatic rings. The second-order valence-electron chi connectivity index (χ2n) is 4.23. The summed E-state index contributed by atoms with van der Waals surface area (Å²) in [4.78, 5) is 9.04. The van der Waals surface area contributed by atoms with Gasteiger partial charge in [0.15, 0.2) is 5.82 Å². The van der Waals surface area contributed by atoms with Crippen LogP contribution in [0.25, 0.3) is 0 Å². The summed E-state index contributed by atoms with van der Waals surface area (Å²) in [6, 6.07) is 5.93. The molecule has 0 saturated carbocycles. The lowest BCUT2D eigenvalue weighted by molar-refractivity contribution is 0.623. The summed E-state index contributed by atoms with van der Waals surface area (Å²) < 4.78 is 5.90. The number of halogens is 2. The third-order valence-corrected chi connectivity index (χ3v) is 4.18. The van der Waals surface area contributed by atoms with E-state index in [2.05, 4.69) is 15.3 Å². The number of rotatable bonds is 5. The Morgan fingerprint density at radius 2 is 2.00 bits per heavy atom. The first-order valence-corrected chi connectivity index (χ1v) is 10.1. The van der Waals surface area contributed by atoms with Crippen molar-refractivity contribution in [3.05, 3.63) is 34.7 Å². The zero-order valence-electron chi connectivity index (χ0n) is 12.4. The Morgan fingerprint density at radius 3 is 2.64 bits per heavy atom. The van der Waals surface area contributed by atoms with Crippen LogP contribution in [-0.2, 0) is 0 Å². The molecule has 1 atom stereocenters. The summed E-state index contributed by atoms with van der Waals surface area (Å²) in [5, 5.41) is 3.68. The highest BCUT2D eigenvalue weighted by Gasteiger charge is 2.11. The van der Waals surface area contributed by atoms with Gasteiger partial charge < -0.3 is 9.84 Å². The molecule has 1 aromatic heterocycles. The number of hydrogen-bond acceptors (Lipinski definition) is 5. The average molecular weight is 396 g/mol. The number of nitrogens with one attached hydrogen (secondary N) is 1. The first kappa shape index (κ1) is 19.7. The number of aromatic nitrogens is 2. The third-order valence-electron chi connectivity index (χ3n) is 2.44. The molecule has 4 nitrogen and oxygen atoms in total. The quantitative estimate of drug-likeness (QED) is 0.420. The fourth-order valence-corrected chi connectivity index (χ4v) is 2.81. The minimum absolute atomic E-state index is 0. The highest BCUT2D eigenvalue weighted by atomic mass is 35.5. The van der Waals surface area contributed by atoms with Crippen LogP contribution in [0.5, 0.6) is 5.75 Å². The summed E-state index contributed by atoms with van der Waals surface area (Å²) in [6.45, 7) is 4.08. The van der Waals surface area contributed by atoms with Gasteiger partial charge in [-0.05, 0) is 49.4 Å². The van der Waals surface area contributed by atoms with Gasteiger partial charge in [-0.15, -0.1) is 11.8 Å². The van der Waals surface area contributed by atoms with Gasteiger partial charge in [0, 0.05) is 4.90 Å². The maximum absolute atomic E-state index is 6.08. The van der Waals surface area contributed by atoms with Gasteiger partial charge in [-0.25, -0.2) is 4.98 Å². The highest BCUT2D eigenvalue weighted by molar-refractivity contribution is 7.98. The van der Waals surface area contributed by atoms with Gasteiger partial charge in [0.25, 0.3) is 0 Å². The van der Waals surface area contributed by atoms with Gasteiger partial charge in [-0.2, -0.15) is 14.9 Å². The zero-order valence-corrected chi connectivity index (χ0v) is 17.1. The Bertz CT molecular complexity index is 647. The summed E-state index contributed by atoms with van der Waals surface area (Å²) in [5.74, 6) is 1.22. The van der Waals surface area contributed by atoms with Gasteiger partial charge in [-0.1, -0.05) is 11.6 Å². The summed E-state index contributed by atoms with van der Waals surface area (Å²) in [6.07, 6.45) is 3.48. The molecule has 0 amide bonds. The van der Waals surface area contributed by atoms with E-state index in [0.717, 1.165) is 16.3 Å². The van der Waals surface area contributed by atoms with Crippen LogP contribution in [0.2, 0.25) is 10.3 Å². The Morgan fingerprint density at radius 1 is 1.27 bits per heavy atom. The Balaban J connectivity index is 0.00000242. The molecule has 0 aliphatic carbocycles. The van der Waals surface area contributed by atoms with E-state index < -0.39 is 8.15 Å². The standard InChI is InChI=1S/C13H14Cl2N3OPS.H3P/c1-20(2)19-11-6-8(21-3)4-5-10(11)17-12-9(14)7-16-13(15)18-12;/h4-7H,1-3H3,(H,16,17,18);1H3. The molecule has 9 heteroatoms. The van der Waals surface area contributed by atoms with Crippen LogP contribution in [0.1, 0.15) is 0 Å². The van der Waals surface area contributed by atoms with Crippen molar-refractivity contribution < 1.29 is 4.52 Å². The molecule has 0 bridgehead atoms. The molecule has 1 unspecified atom stereocenters. The molecule has 0 aliphatic heterocycles. The largest absolute Gasteiger partial charge is 0.472 e. The molecule has 2 aromatic rings. The SMILES string of the molecule is CSc1ccc(Nc2nc(Cl)ncc2Cl)c(OP(C)C)c1.P. The van der Waals surface area contributed by atoms with Crippen LogP contribution in [0.15, 0.2) is 29.3 Å². The molecule has 0 fully saturated rings.